The van der Waals surface area contributed by atoms with E-state index < -0.39 is 0 Å². The molecular weight excluding hydrogens is 306 g/mol. The van der Waals surface area contributed by atoms with E-state index >= 15 is 0 Å². The first-order chi connectivity index (χ1) is 11.6. The summed E-state index contributed by atoms with van der Waals surface area (Å²) in [6, 6.07) is 7.07. The van der Waals surface area contributed by atoms with Gasteiger partial charge in [0.05, 0.1) is 37.4 Å². The lowest BCUT2D eigenvalue weighted by molar-refractivity contribution is 0.102. The maximum Gasteiger partial charge on any atom is 0.257 e. The zero-order chi connectivity index (χ0) is 17.5. The summed E-state index contributed by atoms with van der Waals surface area (Å²) < 4.78 is 10.5. The Labute approximate surface area is 142 Å². The summed E-state index contributed by atoms with van der Waals surface area (Å²) >= 11 is 0. The quantitative estimate of drug-likeness (QED) is 0.845. The molecule has 0 unspecified atom stereocenters. The fraction of sp³-hybridized carbons (Fsp3) is 0.333. The second-order valence-electron chi connectivity index (χ2n) is 5.12. The number of carbonyl (C=O) groups excluding carboxylic acids is 1. The number of nitrogens with one attached hydrogen (secondary N) is 1. The van der Waals surface area contributed by atoms with Gasteiger partial charge in [0.15, 0.2) is 0 Å². The highest BCUT2D eigenvalue weighted by atomic mass is 16.5. The van der Waals surface area contributed by atoms with Crippen LogP contribution in [0, 0.1) is 0 Å². The molecule has 0 bridgehead atoms. The van der Waals surface area contributed by atoms with Crippen molar-refractivity contribution in [2.45, 2.75) is 13.8 Å². The minimum atomic E-state index is -0.236. The van der Waals surface area contributed by atoms with Crippen molar-refractivity contribution in [1.82, 2.24) is 4.98 Å². The van der Waals surface area contributed by atoms with Crippen molar-refractivity contribution in [3.63, 3.8) is 0 Å². The Hall–Kier alpha value is -2.76. The van der Waals surface area contributed by atoms with E-state index in [-0.39, 0.29) is 5.91 Å². The lowest BCUT2D eigenvalue weighted by Crippen LogP contribution is -2.22. The lowest BCUT2D eigenvalue weighted by Gasteiger charge is -2.21. The molecule has 24 heavy (non-hydrogen) atoms. The van der Waals surface area contributed by atoms with Gasteiger partial charge in [0.25, 0.3) is 5.91 Å². The first kappa shape index (κ1) is 17.6. The molecule has 0 fully saturated rings. The standard InChI is InChI=1S/C18H23N3O3/c1-5-21(6-2)14-9-13(11-19-12-14)18(22)20-16-8-7-15(23-3)10-17(16)24-4/h7-12H,5-6H2,1-4H3,(H,20,22). The molecule has 2 rings (SSSR count). The number of ether oxygens (including phenoxy) is 2. The fourth-order valence-corrected chi connectivity index (χ4v) is 2.41. The molecule has 128 valence electrons. The van der Waals surface area contributed by atoms with E-state index in [0.29, 0.717) is 22.7 Å². The molecule has 0 aliphatic heterocycles. The number of aromatic nitrogens is 1. The van der Waals surface area contributed by atoms with Crippen molar-refractivity contribution in [2.75, 3.05) is 37.5 Å². The molecule has 0 saturated heterocycles. The molecule has 6 nitrogen and oxygen atoms in total. The minimum absolute atomic E-state index is 0.236. The zero-order valence-electron chi connectivity index (χ0n) is 14.5. The second kappa shape index (κ2) is 8.19. The second-order valence-corrected chi connectivity index (χ2v) is 5.12. The number of carbonyl (C=O) groups is 1. The largest absolute Gasteiger partial charge is 0.497 e. The zero-order valence-corrected chi connectivity index (χ0v) is 14.5. The van der Waals surface area contributed by atoms with Crippen LogP contribution in [0.25, 0.3) is 0 Å². The lowest BCUT2D eigenvalue weighted by atomic mass is 10.2. The average molecular weight is 329 g/mol. The Morgan fingerprint density at radius 1 is 1.12 bits per heavy atom. The molecule has 0 aliphatic rings. The predicted octanol–water partition coefficient (Wildman–Crippen LogP) is 3.20. The Balaban J connectivity index is 2.22. The van der Waals surface area contributed by atoms with E-state index in [0.717, 1.165) is 18.8 Å². The summed E-state index contributed by atoms with van der Waals surface area (Å²) in [5.74, 6) is 0.963. The number of methoxy groups -OCH3 is 2. The summed E-state index contributed by atoms with van der Waals surface area (Å²) in [4.78, 5) is 18.8. The normalized spacial score (nSPS) is 10.2. The minimum Gasteiger partial charge on any atom is -0.497 e. The fourth-order valence-electron chi connectivity index (χ4n) is 2.41. The third kappa shape index (κ3) is 3.95. The van der Waals surface area contributed by atoms with Crippen LogP contribution in [0.1, 0.15) is 24.2 Å². The van der Waals surface area contributed by atoms with E-state index in [1.807, 2.05) is 6.07 Å². The summed E-state index contributed by atoms with van der Waals surface area (Å²) in [6.07, 6.45) is 3.32. The topological polar surface area (TPSA) is 63.7 Å². The molecular formula is C18H23N3O3. The molecule has 1 aromatic heterocycles. The number of anilines is 2. The van der Waals surface area contributed by atoms with Crippen molar-refractivity contribution >= 4 is 17.3 Å². The van der Waals surface area contributed by atoms with Gasteiger partial charge in [-0.15, -0.1) is 0 Å². The average Bonchev–Trinajstić information content (AvgIpc) is 2.63. The van der Waals surface area contributed by atoms with Crippen LogP contribution in [0.2, 0.25) is 0 Å². The van der Waals surface area contributed by atoms with Crippen LogP contribution in [0.5, 0.6) is 11.5 Å². The van der Waals surface area contributed by atoms with Gasteiger partial charge in [0, 0.05) is 25.4 Å². The third-order valence-corrected chi connectivity index (χ3v) is 3.77. The van der Waals surface area contributed by atoms with Gasteiger partial charge >= 0.3 is 0 Å². The van der Waals surface area contributed by atoms with Crippen molar-refractivity contribution in [3.8, 4) is 11.5 Å². The van der Waals surface area contributed by atoms with Crippen LogP contribution in [-0.2, 0) is 0 Å². The van der Waals surface area contributed by atoms with Crippen molar-refractivity contribution < 1.29 is 14.3 Å². The van der Waals surface area contributed by atoms with Gasteiger partial charge in [-0.05, 0) is 32.0 Å². The molecule has 1 N–H and O–H groups in total. The molecule has 1 heterocycles. The third-order valence-electron chi connectivity index (χ3n) is 3.77. The van der Waals surface area contributed by atoms with E-state index in [2.05, 4.69) is 29.0 Å². The maximum absolute atomic E-state index is 12.5. The van der Waals surface area contributed by atoms with Crippen molar-refractivity contribution in [3.05, 3.63) is 42.2 Å². The summed E-state index contributed by atoms with van der Waals surface area (Å²) in [7, 11) is 3.13. The Kier molecular flexibility index (Phi) is 6.01. The number of hydrogen-bond acceptors (Lipinski definition) is 5. The maximum atomic E-state index is 12.5. The molecule has 0 aliphatic carbocycles. The van der Waals surface area contributed by atoms with Gasteiger partial charge in [-0.25, -0.2) is 0 Å². The molecule has 0 atom stereocenters. The number of nitrogens with zero attached hydrogens (tertiary/aromatic N) is 2. The summed E-state index contributed by atoms with van der Waals surface area (Å²) in [5.41, 5.74) is 2.00. The Morgan fingerprint density at radius 3 is 2.50 bits per heavy atom. The van der Waals surface area contributed by atoms with E-state index in [1.165, 1.54) is 0 Å². The molecule has 2 aromatic rings. The summed E-state index contributed by atoms with van der Waals surface area (Å²) in [6.45, 7) is 5.85. The predicted molar refractivity (Wildman–Crippen MR) is 95.3 cm³/mol. The van der Waals surface area contributed by atoms with Crippen LogP contribution >= 0.6 is 0 Å². The van der Waals surface area contributed by atoms with E-state index in [9.17, 15) is 4.79 Å². The number of rotatable bonds is 7. The molecule has 1 amide bonds. The van der Waals surface area contributed by atoms with Gasteiger partial charge in [0.1, 0.15) is 11.5 Å². The van der Waals surface area contributed by atoms with Gasteiger partial charge in [-0.1, -0.05) is 0 Å². The van der Waals surface area contributed by atoms with Crippen LogP contribution in [-0.4, -0.2) is 38.2 Å². The molecule has 0 spiro atoms. The van der Waals surface area contributed by atoms with Crippen LogP contribution in [0.4, 0.5) is 11.4 Å². The van der Waals surface area contributed by atoms with E-state index in [1.54, 1.807) is 44.8 Å². The Bertz CT molecular complexity index is 700. The smallest absolute Gasteiger partial charge is 0.257 e. The molecule has 6 heteroatoms. The van der Waals surface area contributed by atoms with Crippen LogP contribution in [0.3, 0.4) is 0 Å². The first-order valence-corrected chi connectivity index (χ1v) is 7.86. The number of hydrogen-bond donors (Lipinski definition) is 1. The molecule has 1 aromatic carbocycles. The number of pyridine rings is 1. The van der Waals surface area contributed by atoms with Crippen LogP contribution in [0.15, 0.2) is 36.7 Å². The highest BCUT2D eigenvalue weighted by molar-refractivity contribution is 6.05. The Morgan fingerprint density at radius 2 is 1.88 bits per heavy atom. The molecule has 0 saturated carbocycles. The number of amides is 1. The monoisotopic (exact) mass is 329 g/mol. The van der Waals surface area contributed by atoms with Crippen molar-refractivity contribution in [2.24, 2.45) is 0 Å². The number of benzene rings is 1. The highest BCUT2D eigenvalue weighted by Crippen LogP contribution is 2.29. The van der Waals surface area contributed by atoms with E-state index in [4.69, 9.17) is 9.47 Å². The highest BCUT2D eigenvalue weighted by Gasteiger charge is 2.13. The summed E-state index contributed by atoms with van der Waals surface area (Å²) in [5, 5.41) is 2.85. The molecule has 0 radical (unpaired) electrons. The van der Waals surface area contributed by atoms with Gasteiger partial charge in [0.2, 0.25) is 0 Å². The van der Waals surface area contributed by atoms with Crippen molar-refractivity contribution in [1.29, 1.82) is 0 Å². The first-order valence-electron chi connectivity index (χ1n) is 7.86. The van der Waals surface area contributed by atoms with Crippen LogP contribution < -0.4 is 19.7 Å². The van der Waals surface area contributed by atoms with Gasteiger partial charge in [-0.3, -0.25) is 9.78 Å². The van der Waals surface area contributed by atoms with Gasteiger partial charge in [-0.2, -0.15) is 0 Å². The van der Waals surface area contributed by atoms with Gasteiger partial charge < -0.3 is 19.7 Å². The SMILES string of the molecule is CCN(CC)c1cncc(C(=O)Nc2ccc(OC)cc2OC)c1.